The molecule has 1 fully saturated rings. The number of aromatic nitrogens is 1. The maximum Gasteiger partial charge on any atom is 0.219 e. The molecule has 1 aromatic heterocycles. The van der Waals surface area contributed by atoms with Gasteiger partial charge in [-0.05, 0) is 68.0 Å². The molecule has 0 radical (unpaired) electrons. The highest BCUT2D eigenvalue weighted by molar-refractivity contribution is 14.0. The van der Waals surface area contributed by atoms with Crippen LogP contribution in [0.1, 0.15) is 31.7 Å². The van der Waals surface area contributed by atoms with Gasteiger partial charge >= 0.3 is 0 Å². The van der Waals surface area contributed by atoms with Gasteiger partial charge in [-0.2, -0.15) is 0 Å². The number of halogens is 2. The molecule has 1 aliphatic carbocycles. The largest absolute Gasteiger partial charge is 0.439 e. The topological polar surface area (TPSA) is 67.8 Å². The van der Waals surface area contributed by atoms with Gasteiger partial charge in [0.1, 0.15) is 11.6 Å². The van der Waals surface area contributed by atoms with Crippen LogP contribution in [-0.4, -0.2) is 37.2 Å². The van der Waals surface area contributed by atoms with Crippen LogP contribution in [0.25, 0.3) is 0 Å². The van der Waals surface area contributed by atoms with Gasteiger partial charge in [-0.3, -0.25) is 0 Å². The molecule has 1 aromatic carbocycles. The molecule has 2 aromatic rings. The second-order valence-corrected chi connectivity index (χ2v) is 7.05. The molecule has 1 heterocycles. The smallest absolute Gasteiger partial charge is 0.219 e. The Balaban J connectivity index is 0.00000320. The summed E-state index contributed by atoms with van der Waals surface area (Å²) in [5.41, 5.74) is 0.974. The van der Waals surface area contributed by atoms with Gasteiger partial charge in [0, 0.05) is 38.6 Å². The van der Waals surface area contributed by atoms with Crippen molar-refractivity contribution in [3.05, 3.63) is 54.0 Å². The number of nitrogens with zero attached hydrogens (tertiary/aromatic N) is 2. The fraction of sp³-hybridized carbons (Fsp3) is 0.455. The van der Waals surface area contributed by atoms with Gasteiger partial charge in [-0.15, -0.1) is 24.0 Å². The maximum absolute atomic E-state index is 13.0. The van der Waals surface area contributed by atoms with Crippen molar-refractivity contribution in [2.75, 3.05) is 26.3 Å². The van der Waals surface area contributed by atoms with E-state index in [1.807, 2.05) is 19.1 Å². The molecule has 0 aliphatic heterocycles. The minimum atomic E-state index is -0.300. The lowest BCUT2D eigenvalue weighted by Crippen LogP contribution is -2.38. The highest BCUT2D eigenvalue weighted by Gasteiger charge is 2.20. The summed E-state index contributed by atoms with van der Waals surface area (Å²) in [7, 11) is 0. The molecule has 2 N–H and O–H groups in total. The molecule has 0 amide bonds. The number of nitrogens with one attached hydrogen (secondary N) is 2. The highest BCUT2D eigenvalue weighted by Crippen LogP contribution is 2.28. The molecule has 1 saturated carbocycles. The van der Waals surface area contributed by atoms with Crippen LogP contribution >= 0.6 is 24.0 Å². The molecular weight excluding hydrogens is 498 g/mol. The summed E-state index contributed by atoms with van der Waals surface area (Å²) in [6.45, 7) is 5.81. The molecular formula is C22H30FIN4O2. The van der Waals surface area contributed by atoms with Gasteiger partial charge in [0.05, 0.1) is 6.54 Å². The molecule has 0 bridgehead atoms. The zero-order valence-electron chi connectivity index (χ0n) is 17.3. The van der Waals surface area contributed by atoms with Crippen molar-refractivity contribution in [2.24, 2.45) is 10.9 Å². The third-order valence-corrected chi connectivity index (χ3v) is 4.41. The molecule has 164 valence electrons. The van der Waals surface area contributed by atoms with Crippen LogP contribution in [-0.2, 0) is 11.3 Å². The second kappa shape index (κ2) is 13.4. The van der Waals surface area contributed by atoms with E-state index in [1.165, 1.54) is 25.0 Å². The Morgan fingerprint density at radius 3 is 2.73 bits per heavy atom. The zero-order chi connectivity index (χ0) is 20.3. The van der Waals surface area contributed by atoms with E-state index >= 15 is 0 Å². The molecule has 8 heteroatoms. The van der Waals surface area contributed by atoms with E-state index in [4.69, 9.17) is 9.47 Å². The Labute approximate surface area is 194 Å². The first kappa shape index (κ1) is 24.3. The first-order valence-electron chi connectivity index (χ1n) is 10.2. The summed E-state index contributed by atoms with van der Waals surface area (Å²) < 4.78 is 24.3. The summed E-state index contributed by atoms with van der Waals surface area (Å²) in [6, 6.07) is 9.59. The Hall–Kier alpha value is -1.94. The predicted octanol–water partition coefficient (Wildman–Crippen LogP) is 4.50. The minimum Gasteiger partial charge on any atom is -0.439 e. The Morgan fingerprint density at radius 2 is 2.00 bits per heavy atom. The van der Waals surface area contributed by atoms with Crippen LogP contribution in [0, 0.1) is 11.7 Å². The van der Waals surface area contributed by atoms with Crippen molar-refractivity contribution in [2.45, 2.75) is 32.7 Å². The minimum absolute atomic E-state index is 0. The van der Waals surface area contributed by atoms with Crippen molar-refractivity contribution in [3.63, 3.8) is 0 Å². The van der Waals surface area contributed by atoms with E-state index in [0.717, 1.165) is 50.2 Å². The second-order valence-electron chi connectivity index (χ2n) is 7.05. The maximum atomic E-state index is 13.0. The van der Waals surface area contributed by atoms with Gasteiger partial charge in [0.25, 0.3) is 0 Å². The standard InChI is InChI=1S/C22H29FN4O2.HI/c1-2-24-22(26-11-3-13-28-16-17-4-5-17)27-15-18-10-12-25-21(14-18)29-20-8-6-19(23)7-9-20;/h6-10,12,14,17H,2-5,11,13,15-16H2,1H3,(H2,24,26,27);1H. The summed E-state index contributed by atoms with van der Waals surface area (Å²) in [5, 5.41) is 6.58. The number of hydrogen-bond donors (Lipinski definition) is 2. The predicted molar refractivity (Wildman–Crippen MR) is 127 cm³/mol. The summed E-state index contributed by atoms with van der Waals surface area (Å²) in [4.78, 5) is 8.83. The van der Waals surface area contributed by atoms with Crippen LogP contribution in [0.15, 0.2) is 47.6 Å². The molecule has 0 unspecified atom stereocenters. The summed E-state index contributed by atoms with van der Waals surface area (Å²) in [6.07, 6.45) is 5.27. The lowest BCUT2D eigenvalue weighted by Gasteiger charge is -2.11. The lowest BCUT2D eigenvalue weighted by atomic mass is 10.2. The number of guanidine groups is 1. The van der Waals surface area contributed by atoms with E-state index in [-0.39, 0.29) is 29.8 Å². The fourth-order valence-electron chi connectivity index (χ4n) is 2.66. The number of hydrogen-bond acceptors (Lipinski definition) is 4. The van der Waals surface area contributed by atoms with E-state index in [0.29, 0.717) is 18.2 Å². The first-order valence-corrected chi connectivity index (χ1v) is 10.2. The Morgan fingerprint density at radius 1 is 1.20 bits per heavy atom. The van der Waals surface area contributed by atoms with E-state index in [2.05, 4.69) is 20.6 Å². The van der Waals surface area contributed by atoms with Crippen molar-refractivity contribution in [1.29, 1.82) is 0 Å². The summed E-state index contributed by atoms with van der Waals surface area (Å²) in [5.74, 6) is 2.27. The molecule has 3 rings (SSSR count). The monoisotopic (exact) mass is 528 g/mol. The van der Waals surface area contributed by atoms with Crippen LogP contribution in [0.2, 0.25) is 0 Å². The van der Waals surface area contributed by atoms with Crippen molar-refractivity contribution in [3.8, 4) is 11.6 Å². The van der Waals surface area contributed by atoms with Crippen molar-refractivity contribution >= 4 is 29.9 Å². The molecule has 1 aliphatic rings. The number of benzene rings is 1. The molecule has 30 heavy (non-hydrogen) atoms. The van der Waals surface area contributed by atoms with Crippen molar-refractivity contribution < 1.29 is 13.9 Å². The van der Waals surface area contributed by atoms with Crippen LogP contribution < -0.4 is 15.4 Å². The van der Waals surface area contributed by atoms with E-state index in [1.54, 1.807) is 18.3 Å². The Bertz CT molecular complexity index is 785. The number of aliphatic imine (C=N–C) groups is 1. The fourth-order valence-corrected chi connectivity index (χ4v) is 2.66. The lowest BCUT2D eigenvalue weighted by molar-refractivity contribution is 0.123. The SMILES string of the molecule is CCNC(=NCc1ccnc(Oc2ccc(F)cc2)c1)NCCCOCC1CC1.I. The number of rotatable bonds is 11. The Kier molecular flexibility index (Phi) is 10.9. The van der Waals surface area contributed by atoms with Gasteiger partial charge in [0.15, 0.2) is 5.96 Å². The van der Waals surface area contributed by atoms with Gasteiger partial charge in [-0.25, -0.2) is 14.4 Å². The van der Waals surface area contributed by atoms with Crippen LogP contribution in [0.5, 0.6) is 11.6 Å². The van der Waals surface area contributed by atoms with E-state index in [9.17, 15) is 4.39 Å². The molecule has 0 spiro atoms. The first-order chi connectivity index (χ1) is 14.2. The average molecular weight is 528 g/mol. The highest BCUT2D eigenvalue weighted by atomic mass is 127. The van der Waals surface area contributed by atoms with Gasteiger partial charge in [0.2, 0.25) is 5.88 Å². The third-order valence-electron chi connectivity index (χ3n) is 4.41. The number of ether oxygens (including phenoxy) is 2. The van der Waals surface area contributed by atoms with Crippen LogP contribution in [0.4, 0.5) is 4.39 Å². The summed E-state index contributed by atoms with van der Waals surface area (Å²) >= 11 is 0. The molecule has 0 atom stereocenters. The third kappa shape index (κ3) is 9.25. The molecule has 0 saturated heterocycles. The zero-order valence-corrected chi connectivity index (χ0v) is 19.6. The average Bonchev–Trinajstić information content (AvgIpc) is 3.55. The van der Waals surface area contributed by atoms with Gasteiger partial charge < -0.3 is 20.1 Å². The van der Waals surface area contributed by atoms with Crippen molar-refractivity contribution in [1.82, 2.24) is 15.6 Å². The van der Waals surface area contributed by atoms with Gasteiger partial charge in [-0.1, -0.05) is 0 Å². The number of pyridine rings is 1. The van der Waals surface area contributed by atoms with Crippen LogP contribution in [0.3, 0.4) is 0 Å². The van der Waals surface area contributed by atoms with E-state index < -0.39 is 0 Å². The molecule has 6 nitrogen and oxygen atoms in total. The normalized spacial score (nSPS) is 13.5. The quantitative estimate of drug-likeness (QED) is 0.195.